The summed E-state index contributed by atoms with van der Waals surface area (Å²) in [4.78, 5) is 25.8. The number of halogens is 1. The summed E-state index contributed by atoms with van der Waals surface area (Å²) in [6.45, 7) is 0. The molecule has 1 heterocycles. The average Bonchev–Trinajstić information content (AvgIpc) is 3.28. The fraction of sp³-hybridized carbons (Fsp3) is 0.120. The molecule has 0 saturated heterocycles. The SMILES string of the molecule is O=C(Cc1ccccc1)NC(Cc1ccccc1)C(=O)Nc1nnc(-c2cccc(Cl)c2)s1. The van der Waals surface area contributed by atoms with Crippen LogP contribution in [-0.2, 0) is 22.4 Å². The Bertz CT molecular complexity index is 1230. The monoisotopic (exact) mass is 476 g/mol. The number of benzene rings is 3. The first-order valence-corrected chi connectivity index (χ1v) is 11.5. The van der Waals surface area contributed by atoms with Crippen LogP contribution < -0.4 is 10.6 Å². The first-order chi connectivity index (χ1) is 16.1. The summed E-state index contributed by atoms with van der Waals surface area (Å²) in [7, 11) is 0. The number of nitrogens with one attached hydrogen (secondary N) is 2. The molecule has 6 nitrogen and oxygen atoms in total. The summed E-state index contributed by atoms with van der Waals surface area (Å²) in [6, 6.07) is 25.5. The van der Waals surface area contributed by atoms with Crippen molar-refractivity contribution in [2.24, 2.45) is 0 Å². The van der Waals surface area contributed by atoms with Gasteiger partial charge in [0.2, 0.25) is 16.9 Å². The van der Waals surface area contributed by atoms with Crippen LogP contribution in [0.2, 0.25) is 5.02 Å². The second-order valence-electron chi connectivity index (χ2n) is 7.38. The van der Waals surface area contributed by atoms with Gasteiger partial charge < -0.3 is 5.32 Å². The number of carbonyl (C=O) groups excluding carboxylic acids is 2. The number of hydrogen-bond acceptors (Lipinski definition) is 5. The standard InChI is InChI=1S/C25H21ClN4O2S/c26-20-13-7-12-19(16-20)24-29-30-25(33-24)28-23(32)21(14-17-8-3-1-4-9-17)27-22(31)15-18-10-5-2-6-11-18/h1-13,16,21H,14-15H2,(H,27,31)(H,28,30,32). The van der Waals surface area contributed by atoms with Crippen molar-refractivity contribution in [1.29, 1.82) is 0 Å². The maximum absolute atomic E-state index is 13.1. The first kappa shape index (κ1) is 22.6. The molecule has 1 atom stereocenters. The van der Waals surface area contributed by atoms with Gasteiger partial charge in [-0.1, -0.05) is 95.7 Å². The van der Waals surface area contributed by atoms with Gasteiger partial charge in [0.05, 0.1) is 6.42 Å². The van der Waals surface area contributed by atoms with Gasteiger partial charge in [0.1, 0.15) is 11.0 Å². The fourth-order valence-corrected chi connectivity index (χ4v) is 4.22. The van der Waals surface area contributed by atoms with Gasteiger partial charge >= 0.3 is 0 Å². The van der Waals surface area contributed by atoms with Crippen molar-refractivity contribution in [1.82, 2.24) is 15.5 Å². The highest BCUT2D eigenvalue weighted by molar-refractivity contribution is 7.18. The quantitative estimate of drug-likeness (QED) is 0.384. The molecule has 0 bridgehead atoms. The van der Waals surface area contributed by atoms with E-state index in [1.165, 1.54) is 11.3 Å². The molecule has 0 saturated carbocycles. The zero-order valence-electron chi connectivity index (χ0n) is 17.6. The molecule has 3 aromatic carbocycles. The van der Waals surface area contributed by atoms with E-state index in [1.807, 2.05) is 72.8 Å². The van der Waals surface area contributed by atoms with Gasteiger partial charge in [-0.15, -0.1) is 10.2 Å². The molecule has 0 radical (unpaired) electrons. The van der Waals surface area contributed by atoms with Gasteiger partial charge in [0.25, 0.3) is 0 Å². The van der Waals surface area contributed by atoms with Crippen LogP contribution in [0, 0.1) is 0 Å². The first-order valence-electron chi connectivity index (χ1n) is 10.3. The maximum Gasteiger partial charge on any atom is 0.249 e. The largest absolute Gasteiger partial charge is 0.344 e. The van der Waals surface area contributed by atoms with E-state index in [4.69, 9.17) is 11.6 Å². The summed E-state index contributed by atoms with van der Waals surface area (Å²) in [6.07, 6.45) is 0.546. The molecular weight excluding hydrogens is 456 g/mol. The predicted molar refractivity (Wildman–Crippen MR) is 131 cm³/mol. The highest BCUT2D eigenvalue weighted by Gasteiger charge is 2.23. The minimum atomic E-state index is -0.762. The van der Waals surface area contributed by atoms with Crippen LogP contribution in [0.5, 0.6) is 0 Å². The number of hydrogen-bond donors (Lipinski definition) is 2. The van der Waals surface area contributed by atoms with E-state index < -0.39 is 6.04 Å². The molecule has 0 aliphatic carbocycles. The molecule has 0 fully saturated rings. The average molecular weight is 477 g/mol. The van der Waals surface area contributed by atoms with Crippen molar-refractivity contribution in [2.75, 3.05) is 5.32 Å². The van der Waals surface area contributed by atoms with Gasteiger partial charge in [0.15, 0.2) is 0 Å². The fourth-order valence-electron chi connectivity index (χ4n) is 3.29. The normalized spacial score (nSPS) is 11.5. The Labute approximate surface area is 200 Å². The minimum absolute atomic E-state index is 0.192. The van der Waals surface area contributed by atoms with Gasteiger partial charge in [-0.25, -0.2) is 0 Å². The van der Waals surface area contributed by atoms with Gasteiger partial charge in [-0.3, -0.25) is 14.9 Å². The lowest BCUT2D eigenvalue weighted by Crippen LogP contribution is -2.45. The number of carbonyl (C=O) groups is 2. The molecule has 33 heavy (non-hydrogen) atoms. The van der Waals surface area contributed by atoms with E-state index in [0.717, 1.165) is 16.7 Å². The van der Waals surface area contributed by atoms with Crippen LogP contribution in [0.3, 0.4) is 0 Å². The van der Waals surface area contributed by atoms with Crippen molar-refractivity contribution in [2.45, 2.75) is 18.9 Å². The van der Waals surface area contributed by atoms with E-state index >= 15 is 0 Å². The molecule has 0 aliphatic heterocycles. The van der Waals surface area contributed by atoms with E-state index in [1.54, 1.807) is 12.1 Å². The van der Waals surface area contributed by atoms with Gasteiger partial charge in [0, 0.05) is 17.0 Å². The van der Waals surface area contributed by atoms with Crippen LogP contribution >= 0.6 is 22.9 Å². The van der Waals surface area contributed by atoms with Gasteiger partial charge in [-0.2, -0.15) is 0 Å². The van der Waals surface area contributed by atoms with Crippen molar-refractivity contribution in [3.63, 3.8) is 0 Å². The Morgan fingerprint density at radius 1 is 0.879 bits per heavy atom. The zero-order valence-corrected chi connectivity index (χ0v) is 19.1. The lowest BCUT2D eigenvalue weighted by molar-refractivity contribution is -0.126. The van der Waals surface area contributed by atoms with Crippen LogP contribution in [0.4, 0.5) is 5.13 Å². The lowest BCUT2D eigenvalue weighted by atomic mass is 10.0. The number of amides is 2. The van der Waals surface area contributed by atoms with Crippen LogP contribution in [-0.4, -0.2) is 28.1 Å². The third-order valence-corrected chi connectivity index (χ3v) is 5.99. The molecule has 1 unspecified atom stereocenters. The van der Waals surface area contributed by atoms with Crippen LogP contribution in [0.25, 0.3) is 10.6 Å². The molecule has 0 aliphatic rings. The Kier molecular flexibility index (Phi) is 7.44. The van der Waals surface area contributed by atoms with E-state index in [-0.39, 0.29) is 18.2 Å². The summed E-state index contributed by atoms with van der Waals surface area (Å²) < 4.78 is 0. The van der Waals surface area contributed by atoms with E-state index in [0.29, 0.717) is 21.6 Å². The molecule has 0 spiro atoms. The number of rotatable bonds is 8. The second kappa shape index (κ2) is 10.8. The zero-order chi connectivity index (χ0) is 23.0. The predicted octanol–water partition coefficient (Wildman–Crippen LogP) is 4.77. The lowest BCUT2D eigenvalue weighted by Gasteiger charge is -2.18. The molecule has 4 rings (SSSR count). The maximum atomic E-state index is 13.1. The Hall–Kier alpha value is -3.55. The summed E-state index contributed by atoms with van der Waals surface area (Å²) in [5, 5.41) is 15.5. The topological polar surface area (TPSA) is 84.0 Å². The Morgan fingerprint density at radius 3 is 2.27 bits per heavy atom. The summed E-state index contributed by atoms with van der Waals surface area (Å²) in [5.41, 5.74) is 2.64. The highest BCUT2D eigenvalue weighted by Crippen LogP contribution is 2.28. The molecule has 2 N–H and O–H groups in total. The Morgan fingerprint density at radius 2 is 1.58 bits per heavy atom. The van der Waals surface area contributed by atoms with Crippen LogP contribution in [0.15, 0.2) is 84.9 Å². The van der Waals surface area contributed by atoms with Crippen molar-refractivity contribution in [3.05, 3.63) is 101 Å². The summed E-state index contributed by atoms with van der Waals surface area (Å²) in [5.74, 6) is -0.580. The highest BCUT2D eigenvalue weighted by atomic mass is 35.5. The van der Waals surface area contributed by atoms with Gasteiger partial charge in [-0.05, 0) is 23.3 Å². The molecule has 1 aromatic heterocycles. The van der Waals surface area contributed by atoms with Crippen molar-refractivity contribution < 1.29 is 9.59 Å². The molecule has 2 amide bonds. The van der Waals surface area contributed by atoms with Crippen molar-refractivity contribution >= 4 is 39.9 Å². The van der Waals surface area contributed by atoms with Crippen LogP contribution in [0.1, 0.15) is 11.1 Å². The third-order valence-electron chi connectivity index (χ3n) is 4.87. The van der Waals surface area contributed by atoms with E-state index in [2.05, 4.69) is 20.8 Å². The van der Waals surface area contributed by atoms with Crippen molar-refractivity contribution in [3.8, 4) is 10.6 Å². The molecular formula is C25H21ClN4O2S. The Balaban J connectivity index is 1.47. The molecule has 8 heteroatoms. The molecule has 4 aromatic rings. The minimum Gasteiger partial charge on any atom is -0.344 e. The molecule has 166 valence electrons. The number of anilines is 1. The smallest absolute Gasteiger partial charge is 0.249 e. The summed E-state index contributed by atoms with van der Waals surface area (Å²) >= 11 is 7.30. The second-order valence-corrected chi connectivity index (χ2v) is 8.80. The number of aromatic nitrogens is 2. The van der Waals surface area contributed by atoms with E-state index in [9.17, 15) is 9.59 Å². The number of nitrogens with zero attached hydrogens (tertiary/aromatic N) is 2. The third kappa shape index (κ3) is 6.47.